The first-order valence-corrected chi connectivity index (χ1v) is 6.81. The predicted octanol–water partition coefficient (Wildman–Crippen LogP) is 3.53. The lowest BCUT2D eigenvalue weighted by atomic mass is 10.1. The van der Waals surface area contributed by atoms with Gasteiger partial charge in [-0.2, -0.15) is 0 Å². The zero-order valence-electron chi connectivity index (χ0n) is 12.2. The molecule has 0 amide bonds. The summed E-state index contributed by atoms with van der Waals surface area (Å²) in [6, 6.07) is 15.2. The summed E-state index contributed by atoms with van der Waals surface area (Å²) < 4.78 is 13.9. The monoisotopic (exact) mass is 272 g/mol. The minimum atomic E-state index is -0.163. The number of aryl methyl sites for hydroxylation is 1. The molecule has 0 spiro atoms. The molecule has 0 radical (unpaired) electrons. The fourth-order valence-electron chi connectivity index (χ4n) is 2.35. The van der Waals surface area contributed by atoms with E-state index in [1.54, 1.807) is 6.07 Å². The van der Waals surface area contributed by atoms with Gasteiger partial charge in [0.15, 0.2) is 0 Å². The van der Waals surface area contributed by atoms with Gasteiger partial charge in [-0.25, -0.2) is 4.39 Å². The van der Waals surface area contributed by atoms with Crippen LogP contribution in [0.5, 0.6) is 0 Å². The molecule has 2 aromatic carbocycles. The summed E-state index contributed by atoms with van der Waals surface area (Å²) in [6.45, 7) is 2.78. The van der Waals surface area contributed by atoms with Crippen molar-refractivity contribution in [3.63, 3.8) is 0 Å². The van der Waals surface area contributed by atoms with Gasteiger partial charge >= 0.3 is 0 Å². The Balaban J connectivity index is 2.16. The molecule has 2 rings (SSSR count). The summed E-state index contributed by atoms with van der Waals surface area (Å²) >= 11 is 0. The minimum absolute atomic E-state index is 0.0401. The molecule has 0 aliphatic carbocycles. The van der Waals surface area contributed by atoms with Crippen molar-refractivity contribution in [1.82, 2.24) is 5.32 Å². The number of benzene rings is 2. The number of nitrogens with zero attached hydrogens (tertiary/aromatic N) is 1. The van der Waals surface area contributed by atoms with E-state index in [2.05, 4.69) is 35.3 Å². The summed E-state index contributed by atoms with van der Waals surface area (Å²) in [5.41, 5.74) is 3.07. The van der Waals surface area contributed by atoms with Gasteiger partial charge in [-0.3, -0.25) is 0 Å². The van der Waals surface area contributed by atoms with Crippen molar-refractivity contribution in [2.75, 3.05) is 25.5 Å². The Hall–Kier alpha value is -1.87. The number of anilines is 1. The molecule has 1 N–H and O–H groups in total. The van der Waals surface area contributed by atoms with Crippen LogP contribution in [0.15, 0.2) is 48.5 Å². The Morgan fingerprint density at radius 1 is 1.15 bits per heavy atom. The number of hydrogen-bond acceptors (Lipinski definition) is 2. The summed E-state index contributed by atoms with van der Waals surface area (Å²) in [4.78, 5) is 2.14. The van der Waals surface area contributed by atoms with E-state index in [1.165, 1.54) is 11.6 Å². The molecule has 0 saturated carbocycles. The van der Waals surface area contributed by atoms with E-state index in [1.807, 2.05) is 32.3 Å². The van der Waals surface area contributed by atoms with E-state index in [0.717, 1.165) is 5.69 Å². The van der Waals surface area contributed by atoms with Crippen molar-refractivity contribution in [1.29, 1.82) is 0 Å². The summed E-state index contributed by atoms with van der Waals surface area (Å²) in [7, 11) is 3.89. The van der Waals surface area contributed by atoms with Crippen LogP contribution in [0.1, 0.15) is 17.2 Å². The van der Waals surface area contributed by atoms with Gasteiger partial charge in [0.2, 0.25) is 0 Å². The highest BCUT2D eigenvalue weighted by atomic mass is 19.1. The van der Waals surface area contributed by atoms with Crippen molar-refractivity contribution in [2.45, 2.75) is 13.0 Å². The van der Waals surface area contributed by atoms with E-state index in [9.17, 15) is 4.39 Å². The SMILES string of the molecule is CNC(CN(C)c1cccc(C)c1)c1ccccc1F. The van der Waals surface area contributed by atoms with Crippen LogP contribution in [0.25, 0.3) is 0 Å². The normalized spacial score (nSPS) is 12.2. The highest BCUT2D eigenvalue weighted by Crippen LogP contribution is 2.21. The molecular weight excluding hydrogens is 251 g/mol. The molecule has 0 aliphatic rings. The van der Waals surface area contributed by atoms with E-state index in [-0.39, 0.29) is 11.9 Å². The van der Waals surface area contributed by atoms with Crippen LogP contribution in [-0.4, -0.2) is 20.6 Å². The molecule has 106 valence electrons. The fraction of sp³-hybridized carbons (Fsp3) is 0.294. The number of halogens is 1. The van der Waals surface area contributed by atoms with E-state index in [0.29, 0.717) is 12.1 Å². The Morgan fingerprint density at radius 3 is 2.55 bits per heavy atom. The zero-order valence-corrected chi connectivity index (χ0v) is 12.2. The van der Waals surface area contributed by atoms with Gasteiger partial charge in [-0.15, -0.1) is 0 Å². The number of rotatable bonds is 5. The Bertz CT molecular complexity index is 568. The molecule has 3 heteroatoms. The fourth-order valence-corrected chi connectivity index (χ4v) is 2.35. The van der Waals surface area contributed by atoms with Crippen molar-refractivity contribution in [2.24, 2.45) is 0 Å². The molecule has 0 aromatic heterocycles. The molecule has 1 unspecified atom stereocenters. The largest absolute Gasteiger partial charge is 0.373 e. The van der Waals surface area contributed by atoms with Crippen molar-refractivity contribution < 1.29 is 4.39 Å². The second-order valence-corrected chi connectivity index (χ2v) is 5.08. The summed E-state index contributed by atoms with van der Waals surface area (Å²) in [5, 5.41) is 3.19. The summed E-state index contributed by atoms with van der Waals surface area (Å²) in [6.07, 6.45) is 0. The van der Waals surface area contributed by atoms with Gasteiger partial charge in [0.05, 0.1) is 6.04 Å². The zero-order chi connectivity index (χ0) is 14.5. The Morgan fingerprint density at radius 2 is 1.90 bits per heavy atom. The number of nitrogens with one attached hydrogen (secondary N) is 1. The number of likely N-dealkylation sites (N-methyl/N-ethyl adjacent to an activating group) is 2. The van der Waals surface area contributed by atoms with Crippen LogP contribution in [0, 0.1) is 12.7 Å². The van der Waals surface area contributed by atoms with Crippen LogP contribution in [-0.2, 0) is 0 Å². The molecule has 20 heavy (non-hydrogen) atoms. The van der Waals surface area contributed by atoms with Crippen molar-refractivity contribution in [3.8, 4) is 0 Å². The third kappa shape index (κ3) is 3.36. The molecule has 0 saturated heterocycles. The first-order chi connectivity index (χ1) is 9.61. The quantitative estimate of drug-likeness (QED) is 0.895. The van der Waals surface area contributed by atoms with Crippen LogP contribution in [0.2, 0.25) is 0 Å². The molecule has 1 atom stereocenters. The predicted molar refractivity (Wildman–Crippen MR) is 82.6 cm³/mol. The maximum Gasteiger partial charge on any atom is 0.128 e. The average molecular weight is 272 g/mol. The highest BCUT2D eigenvalue weighted by molar-refractivity contribution is 5.48. The molecule has 2 nitrogen and oxygen atoms in total. The van der Waals surface area contributed by atoms with Crippen LogP contribution in [0.3, 0.4) is 0 Å². The summed E-state index contributed by atoms with van der Waals surface area (Å²) in [5.74, 6) is -0.163. The Labute approximate surface area is 120 Å². The van der Waals surface area contributed by atoms with E-state index < -0.39 is 0 Å². The lowest BCUT2D eigenvalue weighted by molar-refractivity contribution is 0.535. The first kappa shape index (κ1) is 14.5. The van der Waals surface area contributed by atoms with Gasteiger partial charge in [0.25, 0.3) is 0 Å². The second kappa shape index (κ2) is 6.53. The third-order valence-electron chi connectivity index (χ3n) is 3.53. The third-order valence-corrected chi connectivity index (χ3v) is 3.53. The Kier molecular flexibility index (Phi) is 4.74. The molecule has 0 aliphatic heterocycles. The molecule has 0 heterocycles. The average Bonchev–Trinajstić information content (AvgIpc) is 2.45. The molecule has 0 fully saturated rings. The van der Waals surface area contributed by atoms with Crippen LogP contribution >= 0.6 is 0 Å². The van der Waals surface area contributed by atoms with Crippen LogP contribution < -0.4 is 10.2 Å². The van der Waals surface area contributed by atoms with Gasteiger partial charge in [-0.05, 0) is 37.7 Å². The topological polar surface area (TPSA) is 15.3 Å². The minimum Gasteiger partial charge on any atom is -0.373 e. The van der Waals surface area contributed by atoms with Crippen molar-refractivity contribution in [3.05, 3.63) is 65.5 Å². The molecule has 2 aromatic rings. The smallest absolute Gasteiger partial charge is 0.128 e. The van der Waals surface area contributed by atoms with Gasteiger partial charge in [0, 0.05) is 24.8 Å². The molecule has 0 bridgehead atoms. The van der Waals surface area contributed by atoms with E-state index >= 15 is 0 Å². The lowest BCUT2D eigenvalue weighted by Gasteiger charge is -2.26. The molecular formula is C17H21FN2. The van der Waals surface area contributed by atoms with E-state index in [4.69, 9.17) is 0 Å². The maximum absolute atomic E-state index is 13.9. The van der Waals surface area contributed by atoms with Gasteiger partial charge in [0.1, 0.15) is 5.82 Å². The number of hydrogen-bond donors (Lipinski definition) is 1. The van der Waals surface area contributed by atoms with Gasteiger partial charge in [-0.1, -0.05) is 30.3 Å². The first-order valence-electron chi connectivity index (χ1n) is 6.81. The standard InChI is InChI=1S/C17H21FN2/c1-13-7-6-8-14(11-13)20(3)12-17(19-2)15-9-4-5-10-16(15)18/h4-11,17,19H,12H2,1-3H3. The lowest BCUT2D eigenvalue weighted by Crippen LogP contribution is -2.31. The van der Waals surface area contributed by atoms with Gasteiger partial charge < -0.3 is 10.2 Å². The van der Waals surface area contributed by atoms with Crippen LogP contribution in [0.4, 0.5) is 10.1 Å². The van der Waals surface area contributed by atoms with Crippen molar-refractivity contribution >= 4 is 5.69 Å². The maximum atomic E-state index is 13.9. The highest BCUT2D eigenvalue weighted by Gasteiger charge is 2.15. The second-order valence-electron chi connectivity index (χ2n) is 5.08.